The maximum absolute atomic E-state index is 12.7. The summed E-state index contributed by atoms with van der Waals surface area (Å²) in [4.78, 5) is 4.47. The summed E-state index contributed by atoms with van der Waals surface area (Å²) in [5, 5.41) is 2.89. The molecule has 3 rings (SSSR count). The van der Waals surface area contributed by atoms with E-state index in [9.17, 15) is 8.42 Å². The molecule has 0 atom stereocenters. The zero-order chi connectivity index (χ0) is 19.7. The molecule has 0 amide bonds. The Morgan fingerprint density at radius 2 is 1.93 bits per heavy atom. The van der Waals surface area contributed by atoms with Crippen LogP contribution in [0.25, 0.3) is 0 Å². The van der Waals surface area contributed by atoms with E-state index in [2.05, 4.69) is 15.0 Å². The monoisotopic (exact) mass is 387 g/mol. The normalized spacial score (nSPS) is 17.6. The summed E-state index contributed by atoms with van der Waals surface area (Å²) in [6.45, 7) is 5.71. The molecule has 0 bridgehead atoms. The average Bonchev–Trinajstić information content (AvgIpc) is 2.96. The van der Waals surface area contributed by atoms with Crippen molar-refractivity contribution >= 4 is 34.1 Å². The summed E-state index contributed by atoms with van der Waals surface area (Å²) >= 11 is 0. The Hall–Kier alpha value is -2.52. The average molecular weight is 387 g/mol. The maximum Gasteiger partial charge on any atom is 0.565 e. The quantitative estimate of drug-likeness (QED) is 0.766. The van der Waals surface area contributed by atoms with Crippen molar-refractivity contribution in [3.63, 3.8) is 0 Å². The van der Waals surface area contributed by atoms with Crippen LogP contribution >= 0.6 is 0 Å². The molecule has 1 aliphatic rings. The van der Waals surface area contributed by atoms with E-state index < -0.39 is 22.7 Å². The highest BCUT2D eigenvalue weighted by Crippen LogP contribution is 2.31. The van der Waals surface area contributed by atoms with Crippen molar-refractivity contribution in [1.29, 1.82) is 0 Å². The van der Waals surface area contributed by atoms with Gasteiger partial charge < -0.3 is 14.6 Å². The second-order valence-electron chi connectivity index (χ2n) is 6.56. The highest BCUT2D eigenvalue weighted by molar-refractivity contribution is 7.92. The summed E-state index contributed by atoms with van der Waals surface area (Å²) in [7, 11) is -2.74. The lowest BCUT2D eigenvalue weighted by Crippen LogP contribution is -2.35. The van der Waals surface area contributed by atoms with Gasteiger partial charge in [-0.2, -0.15) is 0 Å². The third kappa shape index (κ3) is 3.94. The van der Waals surface area contributed by atoms with E-state index in [0.29, 0.717) is 17.0 Å². The van der Waals surface area contributed by atoms with Gasteiger partial charge in [0.2, 0.25) is 0 Å². The Kier molecular flexibility index (Phi) is 5.17. The smallest absolute Gasteiger partial charge is 0.533 e. The highest BCUT2D eigenvalue weighted by atomic mass is 32.2. The number of benzene rings is 1. The maximum atomic E-state index is 12.7. The molecule has 142 valence electrons. The number of hydrogen-bond donors (Lipinski definition) is 2. The largest absolute Gasteiger partial charge is 0.565 e. The van der Waals surface area contributed by atoms with Gasteiger partial charge in [-0.1, -0.05) is 18.2 Å². The lowest BCUT2D eigenvalue weighted by molar-refractivity contribution is 0.172. The van der Waals surface area contributed by atoms with Crippen molar-refractivity contribution in [2.24, 2.45) is 0 Å². The molecule has 0 aliphatic carbocycles. The van der Waals surface area contributed by atoms with Gasteiger partial charge in [0.1, 0.15) is 17.2 Å². The fraction of sp³-hybridized carbons (Fsp3) is 0.278. The minimum absolute atomic E-state index is 0.170. The van der Waals surface area contributed by atoms with Crippen LogP contribution in [0.1, 0.15) is 20.8 Å². The lowest BCUT2D eigenvalue weighted by atomic mass is 9.80. The zero-order valence-electron chi connectivity index (χ0n) is 15.7. The third-order valence-electron chi connectivity index (χ3n) is 4.21. The van der Waals surface area contributed by atoms with Crippen LogP contribution < -0.4 is 15.5 Å². The van der Waals surface area contributed by atoms with Crippen molar-refractivity contribution in [3.8, 4) is 0 Å². The summed E-state index contributed by atoms with van der Waals surface area (Å²) < 4.78 is 39.7. The molecule has 27 heavy (non-hydrogen) atoms. The zero-order valence-corrected chi connectivity index (χ0v) is 16.5. The van der Waals surface area contributed by atoms with Gasteiger partial charge >= 0.3 is 7.12 Å². The first kappa shape index (κ1) is 19.3. The summed E-state index contributed by atoms with van der Waals surface area (Å²) in [5.41, 5.74) is 0.368. The molecule has 1 aromatic heterocycles. The van der Waals surface area contributed by atoms with E-state index in [0.717, 1.165) is 5.76 Å². The van der Waals surface area contributed by atoms with Gasteiger partial charge in [0.25, 0.3) is 10.0 Å². The minimum atomic E-state index is -3.75. The molecular formula is C18H22BN3O4S. The second-order valence-corrected chi connectivity index (χ2v) is 8.25. The van der Waals surface area contributed by atoms with Crippen LogP contribution in [0.15, 0.2) is 59.3 Å². The number of rotatable bonds is 5. The number of aromatic nitrogens is 1. The Labute approximate surface area is 160 Å². The van der Waals surface area contributed by atoms with Gasteiger partial charge in [-0.15, -0.1) is 0 Å². The lowest BCUT2D eigenvalue weighted by Gasteiger charge is -2.16. The van der Waals surface area contributed by atoms with Gasteiger partial charge in [0, 0.05) is 18.7 Å². The number of hydrogen-bond acceptors (Lipinski definition) is 6. The van der Waals surface area contributed by atoms with E-state index >= 15 is 0 Å². The first-order chi connectivity index (χ1) is 12.8. The molecule has 2 heterocycles. The molecule has 0 spiro atoms. The van der Waals surface area contributed by atoms with Gasteiger partial charge in [0.15, 0.2) is 0 Å². The van der Waals surface area contributed by atoms with Crippen LogP contribution in [0.3, 0.4) is 0 Å². The molecule has 1 fully saturated rings. The highest BCUT2D eigenvalue weighted by Gasteiger charge is 2.43. The molecule has 7 nitrogen and oxygen atoms in total. The van der Waals surface area contributed by atoms with Crippen molar-refractivity contribution < 1.29 is 17.7 Å². The molecule has 2 N–H and O–H groups in total. The summed E-state index contributed by atoms with van der Waals surface area (Å²) in [6, 6.07) is 9.83. The molecule has 2 aromatic rings. The van der Waals surface area contributed by atoms with Gasteiger partial charge in [-0.05, 0) is 45.0 Å². The third-order valence-corrected chi connectivity index (χ3v) is 5.59. The molecule has 1 saturated heterocycles. The summed E-state index contributed by atoms with van der Waals surface area (Å²) in [5.74, 6) is 1.12. The molecule has 9 heteroatoms. The van der Waals surface area contributed by atoms with Crippen molar-refractivity contribution in [3.05, 3.63) is 54.4 Å². The van der Waals surface area contributed by atoms with Crippen LogP contribution in [0.2, 0.25) is 0 Å². The van der Waals surface area contributed by atoms with Crippen LogP contribution in [0.4, 0.5) is 11.5 Å². The van der Waals surface area contributed by atoms with E-state index in [4.69, 9.17) is 9.31 Å². The topological polar surface area (TPSA) is 89.5 Å². The fourth-order valence-corrected chi connectivity index (χ4v) is 3.93. The molecule has 0 unspecified atom stereocenters. The second kappa shape index (κ2) is 7.24. The van der Waals surface area contributed by atoms with E-state index in [1.807, 2.05) is 26.8 Å². The Morgan fingerprint density at radius 3 is 2.52 bits per heavy atom. The van der Waals surface area contributed by atoms with Crippen LogP contribution in [0.5, 0.6) is 0 Å². The first-order valence-corrected chi connectivity index (χ1v) is 10.0. The Bertz CT molecular complexity index is 962. The first-order valence-electron chi connectivity index (χ1n) is 8.53. The number of anilines is 2. The predicted molar refractivity (Wildman–Crippen MR) is 106 cm³/mol. The van der Waals surface area contributed by atoms with Gasteiger partial charge in [-0.25, -0.2) is 13.4 Å². The Balaban J connectivity index is 1.94. The molecule has 0 radical (unpaired) electrons. The van der Waals surface area contributed by atoms with Crippen molar-refractivity contribution in [1.82, 2.24) is 4.98 Å². The standard InChI is InChI=1S/C18H22BN3O4S/c1-5-16-18(2,3)26-19(25-16)13-11-15(17(20-4)21-12-13)22-27(23,24)14-9-7-6-8-10-14/h5-12,22H,1-4H3,(H,20,21)/b16-5-. The van der Waals surface area contributed by atoms with Crippen molar-refractivity contribution in [2.75, 3.05) is 17.1 Å². The Morgan fingerprint density at radius 1 is 1.22 bits per heavy atom. The molecule has 0 saturated carbocycles. The van der Waals surface area contributed by atoms with Gasteiger partial charge in [-0.3, -0.25) is 4.72 Å². The van der Waals surface area contributed by atoms with Crippen LogP contribution in [-0.4, -0.2) is 33.2 Å². The molecular weight excluding hydrogens is 365 g/mol. The number of sulfonamides is 1. The fourth-order valence-electron chi connectivity index (χ4n) is 2.85. The van der Waals surface area contributed by atoms with E-state index in [1.165, 1.54) is 12.1 Å². The number of pyridine rings is 1. The van der Waals surface area contributed by atoms with Crippen LogP contribution in [0, 0.1) is 0 Å². The minimum Gasteiger partial charge on any atom is -0.533 e. The number of nitrogens with one attached hydrogen (secondary N) is 2. The summed E-state index contributed by atoms with van der Waals surface area (Å²) in [6.07, 6.45) is 3.46. The SMILES string of the molecule is C/C=C1\OB(c2cnc(NC)c(NS(=O)(=O)c3ccccc3)c2)OC1(C)C. The number of allylic oxidation sites excluding steroid dienone is 1. The molecule has 1 aliphatic heterocycles. The van der Waals surface area contributed by atoms with E-state index in [1.54, 1.807) is 37.5 Å². The van der Waals surface area contributed by atoms with Crippen LogP contribution in [-0.2, 0) is 19.3 Å². The van der Waals surface area contributed by atoms with Gasteiger partial charge in [0.05, 0.1) is 10.6 Å². The molecule has 1 aromatic carbocycles. The van der Waals surface area contributed by atoms with Crippen molar-refractivity contribution in [2.45, 2.75) is 31.3 Å². The van der Waals surface area contributed by atoms with E-state index in [-0.39, 0.29) is 4.90 Å². The number of nitrogens with zero attached hydrogens (tertiary/aromatic N) is 1. The predicted octanol–water partition coefficient (Wildman–Crippen LogP) is 2.35.